The molecule has 3 heterocycles. The fourth-order valence-electron chi connectivity index (χ4n) is 13.8. The number of carbonyl (C=O) groups is 9. The van der Waals surface area contributed by atoms with Crippen molar-refractivity contribution in [3.8, 4) is 0 Å². The fraction of sp³-hybridized carbons (Fsp3) is 0.455. The molecule has 11 rings (SSSR count). The molecule has 5 aromatic rings. The molecule has 2 aliphatic heterocycles. The predicted molar refractivity (Wildman–Crippen MR) is 323 cm³/mol. The smallest absolute Gasteiger partial charge is 0.549 e. The van der Waals surface area contributed by atoms with Crippen LogP contribution in [-0.2, 0) is 79.1 Å². The van der Waals surface area contributed by atoms with E-state index in [1.165, 1.54) is 26.0 Å². The number of benzene rings is 4. The number of Topliss-reactive ketones (excluding diaryl/α,β-unsaturated/α-hetero) is 1. The van der Waals surface area contributed by atoms with Gasteiger partial charge in [-0.1, -0.05) is 93.1 Å². The number of carboxylic acids is 2. The number of ketones is 1. The van der Waals surface area contributed by atoms with E-state index in [2.05, 4.69) is 27.5 Å². The van der Waals surface area contributed by atoms with E-state index in [9.17, 15) is 63.9 Å². The molecule has 14 N–H and O–H groups in total. The van der Waals surface area contributed by atoms with Gasteiger partial charge in [0.15, 0.2) is 23.6 Å². The minimum absolute atomic E-state index is 0. The summed E-state index contributed by atoms with van der Waals surface area (Å²) in [6.45, 7) is 11.1. The summed E-state index contributed by atoms with van der Waals surface area (Å²) in [5.74, 6) is -9.43. The van der Waals surface area contributed by atoms with Crippen molar-refractivity contribution in [2.75, 3.05) is 13.2 Å². The van der Waals surface area contributed by atoms with Crippen molar-refractivity contribution in [1.29, 1.82) is 0 Å². The maximum Gasteiger partial charge on any atom is 2.00 e. The quantitative estimate of drug-likeness (QED) is 0.0334. The van der Waals surface area contributed by atoms with Gasteiger partial charge in [-0.15, -0.1) is 0 Å². The summed E-state index contributed by atoms with van der Waals surface area (Å²) in [6.07, 6.45) is -7.41. The topological polar surface area (TPSA) is 455 Å². The van der Waals surface area contributed by atoms with Crippen LogP contribution < -0.4 is 38.9 Å². The number of aliphatic hydroxyl groups excluding tert-OH is 2. The maximum absolute atomic E-state index is 15.5. The summed E-state index contributed by atoms with van der Waals surface area (Å²) in [6, 6.07) is 28.4. The number of esters is 4. The SMILES string of the molecule is CC(=O)O[C@H]1C(=O)[C@@]2(C)[C@H]([C@H](OC(=O)c3ccccc3)[C@]3(O)C[C@H](OC(=O)[C@H](O)[C@@H](NC(=O)c4ccccc4)c4ccccc4)C(C)=C1C3(C)C)[C@]1(OC(C)=O)CO[C@@H]1C[C@@H]2O.C[C@]1(c2nc3c(C(N)=O)cccc3[nH]2)CCCN1.N.N.O=C([O-])C1(C(=O)[O-])CCC1.[Pt+2]. The third-order valence-electron chi connectivity index (χ3n) is 19.1. The molecule has 0 spiro atoms. The Hall–Kier alpha value is -8.07. The van der Waals surface area contributed by atoms with Gasteiger partial charge in [0.25, 0.3) is 11.8 Å². The van der Waals surface area contributed by atoms with Crippen molar-refractivity contribution < 1.29 is 113 Å². The molecule has 12 atom stereocenters. The Kier molecular flexibility index (Phi) is 22.8. The molecular weight excluding hydrogens is 1390 g/mol. The number of hydrogen-bond acceptors (Lipinski definition) is 23. The number of aromatic amines is 1. The van der Waals surface area contributed by atoms with Crippen LogP contribution in [0.15, 0.2) is 120 Å². The number of fused-ring (bicyclic) bond motifs is 6. The molecule has 4 aliphatic carbocycles. The van der Waals surface area contributed by atoms with Crippen LogP contribution in [0.4, 0.5) is 0 Å². The normalized spacial score (nSPS) is 28.1. The van der Waals surface area contributed by atoms with Crippen molar-refractivity contribution >= 4 is 64.4 Å². The number of imidazole rings is 1. The van der Waals surface area contributed by atoms with Gasteiger partial charge in [0, 0.05) is 43.1 Å². The van der Waals surface area contributed by atoms with Gasteiger partial charge in [0.05, 0.1) is 64.2 Å². The molecule has 4 aromatic carbocycles. The number of carbonyl (C=O) groups excluding carboxylic acids is 9. The van der Waals surface area contributed by atoms with Crippen LogP contribution in [0, 0.1) is 22.2 Å². The average molecular weight is 1470 g/mol. The number of carboxylic acid groups (broad SMARTS) is 2. The van der Waals surface area contributed by atoms with Gasteiger partial charge in [-0.05, 0) is 106 Å². The Balaban J connectivity index is 0.000000361. The van der Waals surface area contributed by atoms with E-state index < -0.39 is 136 Å². The summed E-state index contributed by atoms with van der Waals surface area (Å²) in [4.78, 5) is 123. The number of H-pyrrole nitrogens is 1. The number of hydrogen-bond donors (Lipinski definition) is 9. The van der Waals surface area contributed by atoms with Crippen LogP contribution in [0.3, 0.4) is 0 Å². The standard InChI is InChI=1S/C47H51NO14.C13H16N4O.C6H8O4.2H3N.Pt/c1-25-31(60-43(56)36(52)35(28-16-10-7-11-17-28)48-41(54)29-18-12-8-13-19-29)23-47(57)40(61-42(55)30-20-14-9-15-21-30)38-45(6,32(51)22-33-46(38,24-58-33)62-27(3)50)39(53)37(59-26(2)49)34(25)44(47,4)5;1-13(6-3-7-15-13)12-16-9-5-2-4-8(11(14)18)10(9)17-12;7-4(8)6(5(9)10)2-1-3-6;;;/h7-21,31-33,35-38,40,51-52,57H,22-24H2,1-6H3,(H,48,54);2,4-5,15H,3,6-7H2,1H3,(H2,14,18)(H,16,17);1-3H2,(H,7,8)(H,9,10);2*1H3;/q;;;;;+2/p-2/t31-,32-,33+,35-,36+,37+,38-,40-,45+,46-,47+;13-;;;;/m01..../s1. The third kappa shape index (κ3) is 13.5. The summed E-state index contributed by atoms with van der Waals surface area (Å²) in [5.41, 5.74) is -1.46. The Morgan fingerprint density at radius 2 is 1.38 bits per heavy atom. The van der Waals surface area contributed by atoms with Gasteiger partial charge in [-0.25, -0.2) is 14.6 Å². The van der Waals surface area contributed by atoms with E-state index in [1.807, 2.05) is 12.1 Å². The van der Waals surface area contributed by atoms with E-state index >= 15 is 4.79 Å². The molecule has 6 aliphatic rings. The second-order valence-electron chi connectivity index (χ2n) is 24.9. The Morgan fingerprint density at radius 3 is 1.87 bits per heavy atom. The van der Waals surface area contributed by atoms with Gasteiger partial charge < -0.3 is 92.5 Å². The Labute approximate surface area is 550 Å². The third-order valence-corrected chi connectivity index (χ3v) is 19.1. The van der Waals surface area contributed by atoms with Crippen molar-refractivity contribution in [3.05, 3.63) is 148 Å². The van der Waals surface area contributed by atoms with Gasteiger partial charge in [-0.3, -0.25) is 24.0 Å². The monoisotopic (exact) mass is 1470 g/mol. The molecule has 26 nitrogen and oxygen atoms in total. The zero-order chi connectivity index (χ0) is 65.5. The van der Waals surface area contributed by atoms with Crippen molar-refractivity contribution in [1.82, 2.24) is 32.9 Å². The van der Waals surface area contributed by atoms with Crippen LogP contribution >= 0.6 is 0 Å². The van der Waals surface area contributed by atoms with Crippen LogP contribution in [0.1, 0.15) is 142 Å². The number of para-hydroxylation sites is 1. The maximum atomic E-state index is 15.5. The fourth-order valence-corrected chi connectivity index (χ4v) is 13.8. The first-order chi connectivity index (χ1) is 42.5. The molecule has 502 valence electrons. The molecule has 0 unspecified atom stereocenters. The largest absolute Gasteiger partial charge is 2.00 e. The first-order valence-electron chi connectivity index (χ1n) is 29.6. The number of aliphatic carboxylic acids is 2. The zero-order valence-corrected chi connectivity index (χ0v) is 54.8. The van der Waals surface area contributed by atoms with E-state index in [4.69, 9.17) is 29.4 Å². The molecule has 2 bridgehead atoms. The Morgan fingerprint density at radius 1 is 0.785 bits per heavy atom. The molecular formula is C66H79N7O19Pt. The number of aromatic nitrogens is 2. The first-order valence-corrected chi connectivity index (χ1v) is 29.6. The van der Waals surface area contributed by atoms with E-state index in [0.717, 1.165) is 44.6 Å². The number of primary amides is 1. The Bertz CT molecular complexity index is 3640. The van der Waals surface area contributed by atoms with E-state index in [0.29, 0.717) is 23.1 Å². The minimum atomic E-state index is -2.39. The number of ether oxygens (including phenoxy) is 5. The molecule has 27 heteroatoms. The molecule has 93 heavy (non-hydrogen) atoms. The second kappa shape index (κ2) is 28.7. The van der Waals surface area contributed by atoms with Gasteiger partial charge in [0.1, 0.15) is 35.3 Å². The number of rotatable bonds is 14. The second-order valence-corrected chi connectivity index (χ2v) is 24.9. The van der Waals surface area contributed by atoms with Crippen LogP contribution in [0.5, 0.6) is 0 Å². The average Bonchev–Trinajstić information content (AvgIpc) is 1.05. The van der Waals surface area contributed by atoms with Crippen molar-refractivity contribution in [3.63, 3.8) is 0 Å². The molecule has 5 fully saturated rings. The molecule has 2 saturated heterocycles. The van der Waals surface area contributed by atoms with Gasteiger partial charge in [-0.2, -0.15) is 0 Å². The summed E-state index contributed by atoms with van der Waals surface area (Å²) in [5, 5.41) is 64.1. The number of nitrogens with two attached hydrogens (primary N) is 1. The number of nitrogens with zero attached hydrogens (tertiary/aromatic N) is 1. The van der Waals surface area contributed by atoms with Gasteiger partial charge >= 0.3 is 44.9 Å². The number of aliphatic hydroxyl groups is 3. The van der Waals surface area contributed by atoms with Crippen molar-refractivity contribution in [2.24, 2.45) is 27.9 Å². The predicted octanol–water partition coefficient (Wildman–Crippen LogP) is 2.97. The molecule has 0 radical (unpaired) electrons. The summed E-state index contributed by atoms with van der Waals surface area (Å²) >= 11 is 0. The minimum Gasteiger partial charge on any atom is -0.549 e. The number of amides is 2. The number of nitrogens with one attached hydrogen (secondary N) is 3. The van der Waals surface area contributed by atoms with Crippen LogP contribution in [0.25, 0.3) is 11.0 Å². The zero-order valence-electron chi connectivity index (χ0n) is 52.5. The van der Waals surface area contributed by atoms with Crippen LogP contribution in [0.2, 0.25) is 0 Å². The summed E-state index contributed by atoms with van der Waals surface area (Å²) in [7, 11) is 0. The van der Waals surface area contributed by atoms with Crippen LogP contribution in [-0.4, -0.2) is 140 Å². The van der Waals surface area contributed by atoms with Gasteiger partial charge in [0.2, 0.25) is 0 Å². The molecule has 2 amide bonds. The van der Waals surface area contributed by atoms with Crippen molar-refractivity contribution in [2.45, 2.75) is 153 Å². The first kappa shape index (κ1) is 74.0. The molecule has 3 saturated carbocycles. The van der Waals surface area contributed by atoms with E-state index in [-0.39, 0.29) is 87.0 Å². The van der Waals surface area contributed by atoms with E-state index in [1.54, 1.807) is 98.8 Å². The molecule has 1 aromatic heterocycles. The summed E-state index contributed by atoms with van der Waals surface area (Å²) < 4.78 is 30.3.